The Hall–Kier alpha value is -3.30. The molecule has 1 atom stereocenters. The highest BCUT2D eigenvalue weighted by Gasteiger charge is 2.37. The van der Waals surface area contributed by atoms with Gasteiger partial charge >= 0.3 is 0 Å². The van der Waals surface area contributed by atoms with Crippen molar-refractivity contribution in [3.05, 3.63) is 47.8 Å². The van der Waals surface area contributed by atoms with E-state index < -0.39 is 0 Å². The minimum absolute atomic E-state index is 0.0103. The number of pyridine rings is 1. The maximum Gasteiger partial charge on any atom is 0.273 e. The Kier molecular flexibility index (Phi) is 6.42. The summed E-state index contributed by atoms with van der Waals surface area (Å²) < 4.78 is 5.55. The highest BCUT2D eigenvalue weighted by molar-refractivity contribution is 5.99. The van der Waals surface area contributed by atoms with E-state index in [1.165, 1.54) is 0 Å². The summed E-state index contributed by atoms with van der Waals surface area (Å²) in [6.45, 7) is 9.98. The first-order chi connectivity index (χ1) is 18.0. The highest BCUT2D eigenvalue weighted by Crippen LogP contribution is 2.36. The van der Waals surface area contributed by atoms with Gasteiger partial charge in [-0.15, -0.1) is 0 Å². The predicted molar refractivity (Wildman–Crippen MR) is 144 cm³/mol. The minimum atomic E-state index is -0.0103. The van der Waals surface area contributed by atoms with Crippen LogP contribution < -0.4 is 9.80 Å². The Balaban J connectivity index is 1.39. The lowest BCUT2D eigenvalue weighted by atomic mass is 10.2. The lowest BCUT2D eigenvalue weighted by Gasteiger charge is -2.33. The Morgan fingerprint density at radius 1 is 1.14 bits per heavy atom. The third-order valence-electron chi connectivity index (χ3n) is 7.88. The Morgan fingerprint density at radius 3 is 2.76 bits per heavy atom. The van der Waals surface area contributed by atoms with Crippen molar-refractivity contribution < 1.29 is 9.53 Å². The molecule has 3 aromatic rings. The molecule has 3 aliphatic heterocycles. The average molecular weight is 502 g/mol. The SMILES string of the molecule is CC(C)N1Cc2c(nc(N3CCCC3CN3CCOCC3)nc2N(C)c2cnc3ccccc3c2)C1=O. The molecule has 0 aliphatic carbocycles. The number of carbonyl (C=O) groups excluding carboxylic acids is 1. The van der Waals surface area contributed by atoms with Crippen molar-refractivity contribution in [2.45, 2.75) is 45.3 Å². The third kappa shape index (κ3) is 4.51. The number of fused-ring (bicyclic) bond motifs is 2. The first kappa shape index (κ1) is 24.1. The molecule has 2 fully saturated rings. The summed E-state index contributed by atoms with van der Waals surface area (Å²) in [5.41, 5.74) is 3.32. The van der Waals surface area contributed by atoms with Crippen LogP contribution in [-0.2, 0) is 11.3 Å². The van der Waals surface area contributed by atoms with E-state index in [9.17, 15) is 4.79 Å². The molecule has 37 heavy (non-hydrogen) atoms. The number of benzene rings is 1. The van der Waals surface area contributed by atoms with Crippen molar-refractivity contribution in [2.24, 2.45) is 0 Å². The van der Waals surface area contributed by atoms with E-state index in [2.05, 4.69) is 31.8 Å². The summed E-state index contributed by atoms with van der Waals surface area (Å²) in [6.07, 6.45) is 4.08. The summed E-state index contributed by atoms with van der Waals surface area (Å²) >= 11 is 0. The molecule has 6 rings (SSSR count). The van der Waals surface area contributed by atoms with Crippen molar-refractivity contribution in [1.29, 1.82) is 0 Å². The number of nitrogens with zero attached hydrogens (tertiary/aromatic N) is 7. The van der Waals surface area contributed by atoms with Crippen molar-refractivity contribution in [1.82, 2.24) is 24.8 Å². The van der Waals surface area contributed by atoms with E-state index in [4.69, 9.17) is 14.7 Å². The number of ether oxygens (including phenoxy) is 1. The number of hydrogen-bond donors (Lipinski definition) is 0. The summed E-state index contributed by atoms with van der Waals surface area (Å²) in [6, 6.07) is 10.7. The first-order valence-corrected chi connectivity index (χ1v) is 13.4. The molecule has 2 aromatic heterocycles. The van der Waals surface area contributed by atoms with E-state index in [-0.39, 0.29) is 11.9 Å². The zero-order valence-electron chi connectivity index (χ0n) is 21.9. The fraction of sp³-hybridized carbons (Fsp3) is 0.500. The second-order valence-corrected chi connectivity index (χ2v) is 10.5. The van der Waals surface area contributed by atoms with E-state index >= 15 is 0 Å². The van der Waals surface area contributed by atoms with Crippen LogP contribution in [0.2, 0.25) is 0 Å². The maximum atomic E-state index is 13.5. The summed E-state index contributed by atoms with van der Waals surface area (Å²) in [5.74, 6) is 1.43. The van der Waals surface area contributed by atoms with Gasteiger partial charge in [0.2, 0.25) is 5.95 Å². The highest BCUT2D eigenvalue weighted by atomic mass is 16.5. The number of aromatic nitrogens is 3. The lowest BCUT2D eigenvalue weighted by Crippen LogP contribution is -2.45. The summed E-state index contributed by atoms with van der Waals surface area (Å²) in [5, 5.41) is 1.07. The van der Waals surface area contributed by atoms with Gasteiger partial charge in [-0.1, -0.05) is 18.2 Å². The van der Waals surface area contributed by atoms with Crippen LogP contribution in [0.15, 0.2) is 36.5 Å². The van der Waals surface area contributed by atoms with Crippen LogP contribution in [0, 0.1) is 0 Å². The number of carbonyl (C=O) groups is 1. The van der Waals surface area contributed by atoms with Gasteiger partial charge in [0.05, 0.1) is 37.2 Å². The topological polar surface area (TPSA) is 77.9 Å². The number of rotatable bonds is 6. The van der Waals surface area contributed by atoms with Gasteiger partial charge in [-0.2, -0.15) is 4.98 Å². The minimum Gasteiger partial charge on any atom is -0.379 e. The van der Waals surface area contributed by atoms with Gasteiger partial charge in [0.15, 0.2) is 0 Å². The number of para-hydroxylation sites is 1. The Morgan fingerprint density at radius 2 is 1.95 bits per heavy atom. The smallest absolute Gasteiger partial charge is 0.273 e. The second kappa shape index (κ2) is 9.87. The number of hydrogen-bond acceptors (Lipinski definition) is 8. The molecule has 9 nitrogen and oxygen atoms in total. The summed E-state index contributed by atoms with van der Waals surface area (Å²) in [7, 11) is 2.01. The van der Waals surface area contributed by atoms with Crippen molar-refractivity contribution in [2.75, 3.05) is 56.2 Å². The lowest BCUT2D eigenvalue weighted by molar-refractivity contribution is 0.0354. The van der Waals surface area contributed by atoms with E-state index in [1.807, 2.05) is 50.2 Å². The van der Waals surface area contributed by atoms with Gasteiger partial charge in [0.25, 0.3) is 5.91 Å². The standard InChI is InChI=1S/C28H35N7O2/c1-19(2)35-18-23-25(27(35)36)30-28(34-10-6-8-21(34)17-33-11-13-37-14-12-33)31-26(23)32(3)22-15-20-7-4-5-9-24(20)29-16-22/h4-5,7,9,15-16,19,21H,6,8,10-14,17-18H2,1-3H3. The van der Waals surface area contributed by atoms with Crippen molar-refractivity contribution >= 4 is 34.3 Å². The first-order valence-electron chi connectivity index (χ1n) is 13.4. The predicted octanol–water partition coefficient (Wildman–Crippen LogP) is 3.46. The molecule has 1 amide bonds. The molecule has 1 aromatic carbocycles. The quantitative estimate of drug-likeness (QED) is 0.508. The molecule has 3 aliphatic rings. The van der Waals surface area contributed by atoms with E-state index in [0.717, 1.165) is 80.2 Å². The molecule has 0 bridgehead atoms. The van der Waals surface area contributed by atoms with Gasteiger partial charge < -0.3 is 19.4 Å². The molecular weight excluding hydrogens is 466 g/mol. The van der Waals surface area contributed by atoms with Crippen LogP contribution in [0.3, 0.4) is 0 Å². The van der Waals surface area contributed by atoms with Gasteiger partial charge in [-0.3, -0.25) is 14.7 Å². The van der Waals surface area contributed by atoms with Crippen molar-refractivity contribution in [3.63, 3.8) is 0 Å². The van der Waals surface area contributed by atoms with Gasteiger partial charge in [0, 0.05) is 56.3 Å². The molecule has 0 radical (unpaired) electrons. The van der Waals surface area contributed by atoms with Crippen LogP contribution >= 0.6 is 0 Å². The summed E-state index contributed by atoms with van der Waals surface area (Å²) in [4.78, 5) is 36.9. The molecule has 2 saturated heterocycles. The van der Waals surface area contributed by atoms with Gasteiger partial charge in [-0.05, 0) is 38.8 Å². The third-order valence-corrected chi connectivity index (χ3v) is 7.88. The van der Waals surface area contributed by atoms with E-state index in [1.54, 1.807) is 0 Å². The zero-order valence-corrected chi connectivity index (χ0v) is 21.9. The number of morpholine rings is 1. The fourth-order valence-corrected chi connectivity index (χ4v) is 5.72. The van der Waals surface area contributed by atoms with Crippen LogP contribution in [-0.4, -0.2) is 89.2 Å². The molecule has 194 valence electrons. The van der Waals surface area contributed by atoms with Crippen LogP contribution in [0.4, 0.5) is 17.5 Å². The number of anilines is 3. The Bertz CT molecular complexity index is 1310. The van der Waals surface area contributed by atoms with Gasteiger partial charge in [-0.25, -0.2) is 4.98 Å². The second-order valence-electron chi connectivity index (χ2n) is 10.5. The largest absolute Gasteiger partial charge is 0.379 e. The molecule has 0 spiro atoms. The van der Waals surface area contributed by atoms with E-state index in [0.29, 0.717) is 24.2 Å². The Labute approximate surface area is 218 Å². The van der Waals surface area contributed by atoms with Crippen LogP contribution in [0.25, 0.3) is 10.9 Å². The molecule has 0 saturated carbocycles. The molecule has 0 N–H and O–H groups in total. The molecule has 9 heteroatoms. The normalized spacial score (nSPS) is 20.3. The molecular formula is C28H35N7O2. The number of amides is 1. The van der Waals surface area contributed by atoms with Crippen LogP contribution in [0.5, 0.6) is 0 Å². The molecule has 5 heterocycles. The maximum absolute atomic E-state index is 13.5. The average Bonchev–Trinajstić information content (AvgIpc) is 3.52. The van der Waals surface area contributed by atoms with Crippen LogP contribution in [0.1, 0.15) is 42.7 Å². The fourth-order valence-electron chi connectivity index (χ4n) is 5.72. The monoisotopic (exact) mass is 501 g/mol. The van der Waals surface area contributed by atoms with Gasteiger partial charge in [0.1, 0.15) is 11.5 Å². The van der Waals surface area contributed by atoms with Crippen molar-refractivity contribution in [3.8, 4) is 0 Å². The molecule has 1 unspecified atom stereocenters. The zero-order chi connectivity index (χ0) is 25.5.